The molecule has 0 bridgehead atoms. The largest absolute Gasteiger partial charge is 0.477 e. The van der Waals surface area contributed by atoms with Crippen molar-refractivity contribution in [2.24, 2.45) is 5.73 Å². The molecular formula is C14H16N2O2. The molecule has 4 N–H and O–H groups in total. The van der Waals surface area contributed by atoms with Crippen LogP contribution in [0, 0.1) is 0 Å². The molecule has 0 unspecified atom stereocenters. The van der Waals surface area contributed by atoms with Crippen molar-refractivity contribution in [1.29, 1.82) is 0 Å². The summed E-state index contributed by atoms with van der Waals surface area (Å²) in [5.74, 6) is -0.925. The van der Waals surface area contributed by atoms with Crippen molar-refractivity contribution < 1.29 is 9.90 Å². The number of aromatic amines is 1. The van der Waals surface area contributed by atoms with Gasteiger partial charge in [-0.1, -0.05) is 24.3 Å². The minimum atomic E-state index is -0.925. The van der Waals surface area contributed by atoms with Crippen LogP contribution in [0.25, 0.3) is 0 Å². The number of aryl methyl sites for hydroxylation is 2. The monoisotopic (exact) mass is 244 g/mol. The van der Waals surface area contributed by atoms with Gasteiger partial charge in [-0.15, -0.1) is 0 Å². The third-order valence-corrected chi connectivity index (χ3v) is 2.90. The highest BCUT2D eigenvalue weighted by Crippen LogP contribution is 2.11. The summed E-state index contributed by atoms with van der Waals surface area (Å²) in [5.41, 5.74) is 9.17. The summed E-state index contributed by atoms with van der Waals surface area (Å²) in [5, 5.41) is 8.81. The lowest BCUT2D eigenvalue weighted by Crippen LogP contribution is -1.98. The average molecular weight is 244 g/mol. The zero-order valence-electron chi connectivity index (χ0n) is 10.0. The Morgan fingerprint density at radius 2 is 1.89 bits per heavy atom. The Hall–Kier alpha value is -2.07. The van der Waals surface area contributed by atoms with Gasteiger partial charge in [-0.25, -0.2) is 4.79 Å². The van der Waals surface area contributed by atoms with Gasteiger partial charge in [0.15, 0.2) is 0 Å². The number of carbonyl (C=O) groups is 1. The van der Waals surface area contributed by atoms with E-state index in [0.717, 1.165) is 24.0 Å². The van der Waals surface area contributed by atoms with Gasteiger partial charge in [0.25, 0.3) is 0 Å². The molecule has 2 aromatic rings. The number of aromatic nitrogens is 1. The van der Waals surface area contributed by atoms with Crippen LogP contribution in [-0.2, 0) is 19.4 Å². The van der Waals surface area contributed by atoms with Crippen LogP contribution in [0.3, 0.4) is 0 Å². The number of nitrogens with one attached hydrogen (secondary N) is 1. The summed E-state index contributed by atoms with van der Waals surface area (Å²) < 4.78 is 0. The highest BCUT2D eigenvalue weighted by atomic mass is 16.4. The SMILES string of the molecule is NCc1cccc(CCc2c[nH]c(C(=O)O)c2)c1. The maximum Gasteiger partial charge on any atom is 0.352 e. The minimum Gasteiger partial charge on any atom is -0.477 e. The van der Waals surface area contributed by atoms with Crippen molar-refractivity contribution in [2.75, 3.05) is 0 Å². The van der Waals surface area contributed by atoms with Crippen LogP contribution in [-0.4, -0.2) is 16.1 Å². The molecule has 1 aromatic heterocycles. The molecule has 0 saturated carbocycles. The van der Waals surface area contributed by atoms with Gasteiger partial charge in [0.1, 0.15) is 5.69 Å². The van der Waals surface area contributed by atoms with Crippen LogP contribution in [0.4, 0.5) is 0 Å². The molecule has 0 fully saturated rings. The zero-order valence-corrected chi connectivity index (χ0v) is 10.0. The third kappa shape index (κ3) is 2.99. The lowest BCUT2D eigenvalue weighted by atomic mass is 10.0. The smallest absolute Gasteiger partial charge is 0.352 e. The lowest BCUT2D eigenvalue weighted by Gasteiger charge is -2.02. The average Bonchev–Trinajstić information content (AvgIpc) is 2.85. The molecule has 0 spiro atoms. The Balaban J connectivity index is 1.99. The van der Waals surface area contributed by atoms with Gasteiger partial charge in [-0.3, -0.25) is 0 Å². The first-order valence-corrected chi connectivity index (χ1v) is 5.87. The molecule has 0 saturated heterocycles. The Morgan fingerprint density at radius 1 is 1.17 bits per heavy atom. The molecule has 0 atom stereocenters. The quantitative estimate of drug-likeness (QED) is 0.752. The third-order valence-electron chi connectivity index (χ3n) is 2.90. The Labute approximate surface area is 105 Å². The maximum absolute atomic E-state index is 10.7. The molecule has 0 aliphatic carbocycles. The van der Waals surface area contributed by atoms with Gasteiger partial charge in [-0.2, -0.15) is 0 Å². The van der Waals surface area contributed by atoms with E-state index in [2.05, 4.69) is 17.1 Å². The molecule has 2 rings (SSSR count). The van der Waals surface area contributed by atoms with E-state index in [1.165, 1.54) is 5.56 Å². The first-order chi connectivity index (χ1) is 8.69. The van der Waals surface area contributed by atoms with Crippen molar-refractivity contribution in [1.82, 2.24) is 4.98 Å². The number of benzene rings is 1. The van der Waals surface area contributed by atoms with E-state index in [1.807, 2.05) is 12.1 Å². The summed E-state index contributed by atoms with van der Waals surface area (Å²) in [7, 11) is 0. The van der Waals surface area contributed by atoms with Crippen LogP contribution in [0.1, 0.15) is 27.2 Å². The van der Waals surface area contributed by atoms with E-state index < -0.39 is 5.97 Å². The van der Waals surface area contributed by atoms with E-state index in [-0.39, 0.29) is 5.69 Å². The Kier molecular flexibility index (Phi) is 3.79. The van der Waals surface area contributed by atoms with E-state index in [1.54, 1.807) is 12.3 Å². The van der Waals surface area contributed by atoms with Gasteiger partial charge >= 0.3 is 5.97 Å². The van der Waals surface area contributed by atoms with Crippen LogP contribution < -0.4 is 5.73 Å². The summed E-state index contributed by atoms with van der Waals surface area (Å²) in [6.07, 6.45) is 3.44. The number of carboxylic acid groups (broad SMARTS) is 1. The molecule has 4 nitrogen and oxygen atoms in total. The molecule has 0 radical (unpaired) electrons. The number of hydrogen-bond acceptors (Lipinski definition) is 2. The van der Waals surface area contributed by atoms with Crippen molar-refractivity contribution in [2.45, 2.75) is 19.4 Å². The Bertz CT molecular complexity index is 546. The van der Waals surface area contributed by atoms with Gasteiger partial charge < -0.3 is 15.8 Å². The second-order valence-corrected chi connectivity index (χ2v) is 4.25. The van der Waals surface area contributed by atoms with Crippen molar-refractivity contribution in [3.8, 4) is 0 Å². The number of carboxylic acids is 1. The molecule has 0 aliphatic heterocycles. The topological polar surface area (TPSA) is 79.1 Å². The number of nitrogens with two attached hydrogens (primary N) is 1. The zero-order chi connectivity index (χ0) is 13.0. The van der Waals surface area contributed by atoms with Crippen LogP contribution >= 0.6 is 0 Å². The maximum atomic E-state index is 10.7. The number of hydrogen-bond donors (Lipinski definition) is 3. The van der Waals surface area contributed by atoms with Gasteiger partial charge in [0, 0.05) is 12.7 Å². The van der Waals surface area contributed by atoms with Crippen LogP contribution in [0.15, 0.2) is 36.5 Å². The van der Waals surface area contributed by atoms with E-state index in [0.29, 0.717) is 6.54 Å². The van der Waals surface area contributed by atoms with Gasteiger partial charge in [0.05, 0.1) is 0 Å². The molecule has 1 heterocycles. The molecule has 0 amide bonds. The van der Waals surface area contributed by atoms with Crippen LogP contribution in [0.5, 0.6) is 0 Å². The van der Waals surface area contributed by atoms with E-state index >= 15 is 0 Å². The fourth-order valence-corrected chi connectivity index (χ4v) is 1.91. The highest BCUT2D eigenvalue weighted by molar-refractivity contribution is 5.85. The molecule has 94 valence electrons. The van der Waals surface area contributed by atoms with Gasteiger partial charge in [-0.05, 0) is 35.6 Å². The first kappa shape index (κ1) is 12.4. The highest BCUT2D eigenvalue weighted by Gasteiger charge is 2.06. The fraction of sp³-hybridized carbons (Fsp3) is 0.214. The van der Waals surface area contributed by atoms with Crippen molar-refractivity contribution >= 4 is 5.97 Å². The molecule has 0 aliphatic rings. The predicted octanol–water partition coefficient (Wildman–Crippen LogP) is 1.96. The van der Waals surface area contributed by atoms with Crippen molar-refractivity contribution in [3.63, 3.8) is 0 Å². The normalized spacial score (nSPS) is 10.5. The van der Waals surface area contributed by atoms with E-state index in [9.17, 15) is 4.79 Å². The summed E-state index contributed by atoms with van der Waals surface area (Å²) in [6, 6.07) is 9.82. The number of H-pyrrole nitrogens is 1. The van der Waals surface area contributed by atoms with Crippen molar-refractivity contribution in [3.05, 3.63) is 58.9 Å². The second kappa shape index (κ2) is 5.51. The minimum absolute atomic E-state index is 0.237. The molecule has 18 heavy (non-hydrogen) atoms. The number of rotatable bonds is 5. The van der Waals surface area contributed by atoms with Crippen LogP contribution in [0.2, 0.25) is 0 Å². The first-order valence-electron chi connectivity index (χ1n) is 5.87. The molecular weight excluding hydrogens is 228 g/mol. The standard InChI is InChI=1S/C14H16N2O2/c15-8-11-3-1-2-10(6-11)4-5-12-7-13(14(17)18)16-9-12/h1-3,6-7,9,16H,4-5,8,15H2,(H,17,18). The summed E-state index contributed by atoms with van der Waals surface area (Å²) in [4.78, 5) is 13.5. The molecule has 4 heteroatoms. The Morgan fingerprint density at radius 3 is 2.56 bits per heavy atom. The molecule has 1 aromatic carbocycles. The van der Waals surface area contributed by atoms with E-state index in [4.69, 9.17) is 10.8 Å². The second-order valence-electron chi connectivity index (χ2n) is 4.25. The van der Waals surface area contributed by atoms with Gasteiger partial charge in [0.2, 0.25) is 0 Å². The summed E-state index contributed by atoms with van der Waals surface area (Å²) >= 11 is 0. The number of aromatic carboxylic acids is 1. The summed E-state index contributed by atoms with van der Waals surface area (Å²) in [6.45, 7) is 0.543. The fourth-order valence-electron chi connectivity index (χ4n) is 1.91. The predicted molar refractivity (Wildman–Crippen MR) is 69.5 cm³/mol. The lowest BCUT2D eigenvalue weighted by molar-refractivity contribution is 0.0691.